The molecule has 2 amide bonds. The summed E-state index contributed by atoms with van der Waals surface area (Å²) in [5.41, 5.74) is 1.19. The Morgan fingerprint density at radius 3 is 2.49 bits per heavy atom. The molecule has 0 radical (unpaired) electrons. The van der Waals surface area contributed by atoms with E-state index in [2.05, 4.69) is 18.6 Å². The lowest BCUT2D eigenvalue weighted by Gasteiger charge is -2.32. The number of carbonyl (C=O) groups excluding carboxylic acids is 2. The minimum atomic E-state index is -3.85. The van der Waals surface area contributed by atoms with Gasteiger partial charge in [-0.1, -0.05) is 56.3 Å². The third kappa shape index (κ3) is 7.90. The summed E-state index contributed by atoms with van der Waals surface area (Å²) in [6, 6.07) is 13.8. The van der Waals surface area contributed by atoms with Crippen molar-refractivity contribution < 1.29 is 22.7 Å². The van der Waals surface area contributed by atoms with E-state index in [0.717, 1.165) is 12.0 Å². The van der Waals surface area contributed by atoms with E-state index in [-0.39, 0.29) is 41.5 Å². The van der Waals surface area contributed by atoms with Gasteiger partial charge in [-0.2, -0.15) is 0 Å². The van der Waals surface area contributed by atoms with E-state index in [0.29, 0.717) is 31.2 Å². The smallest absolute Gasteiger partial charge is 0.257 e. The predicted molar refractivity (Wildman–Crippen MR) is 144 cm³/mol. The maximum absolute atomic E-state index is 13.3. The SMILES string of the molecule is CC(=O)N1C/C=C/CN(C)C(=O)c2cc(S(=O)(=O)NCCc3ccccc3)ccc2OC[C@H]1CC(C)C. The minimum Gasteiger partial charge on any atom is -0.491 e. The summed E-state index contributed by atoms with van der Waals surface area (Å²) in [5.74, 6) is 0.227. The molecule has 0 spiro atoms. The maximum Gasteiger partial charge on any atom is 0.257 e. The van der Waals surface area contributed by atoms with Crippen LogP contribution in [0.5, 0.6) is 5.75 Å². The summed E-state index contributed by atoms with van der Waals surface area (Å²) in [7, 11) is -2.20. The van der Waals surface area contributed by atoms with Crippen LogP contribution in [-0.2, 0) is 21.2 Å². The highest BCUT2D eigenvalue weighted by atomic mass is 32.2. The summed E-state index contributed by atoms with van der Waals surface area (Å²) in [4.78, 5) is 29.0. The van der Waals surface area contributed by atoms with E-state index >= 15 is 0 Å². The number of rotatable bonds is 7. The molecule has 0 aliphatic carbocycles. The molecule has 2 aromatic carbocycles. The van der Waals surface area contributed by atoms with E-state index in [4.69, 9.17) is 4.74 Å². The fourth-order valence-electron chi connectivity index (χ4n) is 4.29. The van der Waals surface area contributed by atoms with Crippen LogP contribution in [0.15, 0.2) is 65.6 Å². The Hall–Kier alpha value is -3.17. The summed E-state index contributed by atoms with van der Waals surface area (Å²) in [5, 5.41) is 0. The molecule has 1 aliphatic rings. The van der Waals surface area contributed by atoms with E-state index in [1.54, 1.807) is 18.9 Å². The second-order valence-electron chi connectivity index (χ2n) is 9.71. The van der Waals surface area contributed by atoms with Crippen molar-refractivity contribution in [1.29, 1.82) is 0 Å². The summed E-state index contributed by atoms with van der Waals surface area (Å²) < 4.78 is 34.8. The molecular formula is C28H37N3O5S. The normalized spacial score (nSPS) is 18.0. The summed E-state index contributed by atoms with van der Waals surface area (Å²) in [6.45, 7) is 6.87. The second-order valence-corrected chi connectivity index (χ2v) is 11.5. The van der Waals surface area contributed by atoms with Crippen molar-refractivity contribution in [3.8, 4) is 5.75 Å². The van der Waals surface area contributed by atoms with E-state index in [9.17, 15) is 18.0 Å². The number of hydrogen-bond acceptors (Lipinski definition) is 5. The van der Waals surface area contributed by atoms with Crippen LogP contribution in [-0.4, -0.2) is 69.4 Å². The van der Waals surface area contributed by atoms with Gasteiger partial charge in [-0.15, -0.1) is 0 Å². The second kappa shape index (κ2) is 12.9. The molecule has 0 fully saturated rings. The number of ether oxygens (including phenoxy) is 1. The lowest BCUT2D eigenvalue weighted by atomic mass is 10.0. The topological polar surface area (TPSA) is 96.0 Å². The maximum atomic E-state index is 13.3. The van der Waals surface area contributed by atoms with Crippen LogP contribution in [0.2, 0.25) is 0 Å². The molecule has 1 N–H and O–H groups in total. The number of nitrogens with zero attached hydrogens (tertiary/aromatic N) is 2. The van der Waals surface area contributed by atoms with Crippen molar-refractivity contribution in [3.63, 3.8) is 0 Å². The van der Waals surface area contributed by atoms with Gasteiger partial charge in [0.2, 0.25) is 15.9 Å². The van der Waals surface area contributed by atoms with Gasteiger partial charge in [-0.05, 0) is 42.5 Å². The van der Waals surface area contributed by atoms with Gasteiger partial charge in [-0.3, -0.25) is 9.59 Å². The first kappa shape index (κ1) is 28.4. The highest BCUT2D eigenvalue weighted by molar-refractivity contribution is 7.89. The highest BCUT2D eigenvalue weighted by Crippen LogP contribution is 2.26. The molecule has 0 bridgehead atoms. The molecule has 200 valence electrons. The van der Waals surface area contributed by atoms with Gasteiger partial charge in [0, 0.05) is 33.6 Å². The third-order valence-corrected chi connectivity index (χ3v) is 7.71. The Bertz CT molecular complexity index is 1210. The zero-order chi connectivity index (χ0) is 27.0. The van der Waals surface area contributed by atoms with Crippen LogP contribution < -0.4 is 9.46 Å². The number of fused-ring (bicyclic) bond motifs is 1. The molecule has 0 saturated heterocycles. The molecule has 2 aromatic rings. The van der Waals surface area contributed by atoms with Crippen LogP contribution in [0.1, 0.15) is 43.1 Å². The zero-order valence-electron chi connectivity index (χ0n) is 22.0. The van der Waals surface area contributed by atoms with Crippen molar-refractivity contribution in [2.75, 3.05) is 33.3 Å². The highest BCUT2D eigenvalue weighted by Gasteiger charge is 2.26. The number of carbonyl (C=O) groups is 2. The first-order valence-electron chi connectivity index (χ1n) is 12.6. The Morgan fingerprint density at radius 1 is 1.11 bits per heavy atom. The molecule has 8 nitrogen and oxygen atoms in total. The minimum absolute atomic E-state index is 0.00334. The number of amides is 2. The fraction of sp³-hybridized carbons (Fsp3) is 0.429. The largest absolute Gasteiger partial charge is 0.491 e. The average molecular weight is 528 g/mol. The van der Waals surface area contributed by atoms with Crippen LogP contribution in [0.25, 0.3) is 0 Å². The van der Waals surface area contributed by atoms with Crippen molar-refractivity contribution >= 4 is 21.8 Å². The summed E-state index contributed by atoms with van der Waals surface area (Å²) >= 11 is 0. The molecule has 1 aliphatic heterocycles. The van der Waals surface area contributed by atoms with Crippen molar-refractivity contribution in [2.45, 2.75) is 44.6 Å². The van der Waals surface area contributed by atoms with Crippen molar-refractivity contribution in [1.82, 2.24) is 14.5 Å². The molecule has 1 heterocycles. The van der Waals surface area contributed by atoms with Gasteiger partial charge >= 0.3 is 0 Å². The molecule has 3 rings (SSSR count). The predicted octanol–water partition coefficient (Wildman–Crippen LogP) is 3.49. The number of sulfonamides is 1. The van der Waals surface area contributed by atoms with E-state index in [1.165, 1.54) is 23.1 Å². The van der Waals surface area contributed by atoms with Gasteiger partial charge in [0.25, 0.3) is 5.91 Å². The van der Waals surface area contributed by atoms with E-state index < -0.39 is 10.0 Å². The van der Waals surface area contributed by atoms with Crippen LogP contribution in [0.3, 0.4) is 0 Å². The number of hydrogen-bond donors (Lipinski definition) is 1. The number of likely N-dealkylation sites (N-methyl/N-ethyl adjacent to an activating group) is 1. The van der Waals surface area contributed by atoms with Crippen molar-refractivity contribution in [3.05, 3.63) is 71.8 Å². The van der Waals surface area contributed by atoms with E-state index in [1.807, 2.05) is 42.5 Å². The molecule has 0 saturated carbocycles. The van der Waals surface area contributed by atoms with Crippen molar-refractivity contribution in [2.24, 2.45) is 5.92 Å². The van der Waals surface area contributed by atoms with Crippen LogP contribution >= 0.6 is 0 Å². The number of benzene rings is 2. The lowest BCUT2D eigenvalue weighted by Crippen LogP contribution is -2.44. The monoisotopic (exact) mass is 527 g/mol. The Kier molecular flexibility index (Phi) is 9.88. The third-order valence-electron chi connectivity index (χ3n) is 6.26. The molecule has 1 atom stereocenters. The summed E-state index contributed by atoms with van der Waals surface area (Å²) in [6.07, 6.45) is 4.99. The van der Waals surface area contributed by atoms with Gasteiger partial charge < -0.3 is 14.5 Å². The van der Waals surface area contributed by atoms with Gasteiger partial charge in [0.1, 0.15) is 12.4 Å². The molecule has 9 heteroatoms. The average Bonchev–Trinajstić information content (AvgIpc) is 2.85. The first-order valence-corrected chi connectivity index (χ1v) is 14.0. The standard InChI is InChI=1S/C28H37N3O5S/c1-21(2)18-24-20-36-27-13-12-25(37(34,35)29-15-14-23-10-6-5-7-11-23)19-26(27)28(33)30(4)16-8-9-17-31(24)22(3)32/h5-13,19,21,24,29H,14-18,20H2,1-4H3/b9-8+/t24-/m1/s1. The lowest BCUT2D eigenvalue weighted by molar-refractivity contribution is -0.131. The zero-order valence-corrected chi connectivity index (χ0v) is 22.8. The number of nitrogens with one attached hydrogen (secondary N) is 1. The van der Waals surface area contributed by atoms with Gasteiger partial charge in [0.15, 0.2) is 0 Å². The van der Waals surface area contributed by atoms with Gasteiger partial charge in [-0.25, -0.2) is 13.1 Å². The Balaban J connectivity index is 1.88. The Labute approximate surface area is 220 Å². The molecular weight excluding hydrogens is 490 g/mol. The molecule has 0 unspecified atom stereocenters. The van der Waals surface area contributed by atoms with Gasteiger partial charge in [0.05, 0.1) is 16.5 Å². The fourth-order valence-corrected chi connectivity index (χ4v) is 5.34. The molecule has 0 aromatic heterocycles. The van der Waals surface area contributed by atoms with Crippen LogP contribution in [0.4, 0.5) is 0 Å². The first-order chi connectivity index (χ1) is 17.6. The Morgan fingerprint density at radius 2 is 1.81 bits per heavy atom. The van der Waals surface area contributed by atoms with Crippen LogP contribution in [0, 0.1) is 5.92 Å². The quantitative estimate of drug-likeness (QED) is 0.556. The molecule has 37 heavy (non-hydrogen) atoms.